The molecule has 0 heterocycles. The van der Waals surface area contributed by atoms with Crippen LogP contribution in [0, 0.1) is 5.41 Å². The first-order valence-electron chi connectivity index (χ1n) is 9.68. The highest BCUT2D eigenvalue weighted by Gasteiger charge is 2.65. The maximum Gasteiger partial charge on any atom is 0.182 e. The zero-order valence-electron chi connectivity index (χ0n) is 15.7. The molecule has 0 radical (unpaired) electrons. The Morgan fingerprint density at radius 2 is 1.21 bits per heavy atom. The van der Waals surface area contributed by atoms with E-state index < -0.39 is 11.3 Å². The number of Topliss-reactive ketones (excluding diaryl/α,β-unsaturated/α-hetero) is 3. The summed E-state index contributed by atoms with van der Waals surface area (Å²) in [5, 5.41) is 0. The molecule has 0 N–H and O–H groups in total. The first-order chi connectivity index (χ1) is 14.1. The highest BCUT2D eigenvalue weighted by molar-refractivity contribution is 6.37. The second kappa shape index (κ2) is 6.49. The molecule has 3 nitrogen and oxygen atoms in total. The van der Waals surface area contributed by atoms with Crippen molar-refractivity contribution in [3.63, 3.8) is 0 Å². The van der Waals surface area contributed by atoms with Gasteiger partial charge in [0.15, 0.2) is 17.3 Å². The minimum atomic E-state index is -1.49. The lowest BCUT2D eigenvalue weighted by Crippen LogP contribution is -2.38. The molecule has 1 saturated carbocycles. The minimum Gasteiger partial charge on any atom is -0.294 e. The molecule has 5 rings (SSSR count). The zero-order valence-corrected chi connectivity index (χ0v) is 15.7. The Balaban J connectivity index is 1.79. The van der Waals surface area contributed by atoms with Gasteiger partial charge in [0.1, 0.15) is 5.41 Å². The van der Waals surface area contributed by atoms with Crippen molar-refractivity contribution in [2.45, 2.75) is 12.3 Å². The minimum absolute atomic E-state index is 0.141. The van der Waals surface area contributed by atoms with E-state index in [1.165, 1.54) is 0 Å². The predicted molar refractivity (Wildman–Crippen MR) is 111 cm³/mol. The highest BCUT2D eigenvalue weighted by Crippen LogP contribution is 2.58. The number of benzene rings is 3. The fourth-order valence-electron chi connectivity index (χ4n) is 4.79. The summed E-state index contributed by atoms with van der Waals surface area (Å²) in [6.07, 6.45) is 1.88. The Hall–Kier alpha value is -3.59. The first kappa shape index (κ1) is 17.5. The van der Waals surface area contributed by atoms with Gasteiger partial charge in [-0.05, 0) is 17.2 Å². The van der Waals surface area contributed by atoms with Crippen molar-refractivity contribution >= 4 is 23.4 Å². The smallest absolute Gasteiger partial charge is 0.182 e. The number of hydrogen-bond donors (Lipinski definition) is 0. The second-order valence-corrected chi connectivity index (χ2v) is 7.57. The van der Waals surface area contributed by atoms with Crippen LogP contribution in [0.25, 0.3) is 6.08 Å². The summed E-state index contributed by atoms with van der Waals surface area (Å²) >= 11 is 0. The van der Waals surface area contributed by atoms with E-state index in [0.717, 1.165) is 11.1 Å². The number of fused-ring (bicyclic) bond motifs is 1. The molecule has 0 bridgehead atoms. The maximum atomic E-state index is 13.7. The van der Waals surface area contributed by atoms with Crippen LogP contribution < -0.4 is 0 Å². The summed E-state index contributed by atoms with van der Waals surface area (Å²) < 4.78 is 0. The summed E-state index contributed by atoms with van der Waals surface area (Å²) in [5.41, 5.74) is 1.29. The molecule has 29 heavy (non-hydrogen) atoms. The lowest BCUT2D eigenvalue weighted by molar-refractivity contribution is -0.114. The third-order valence-electron chi connectivity index (χ3n) is 6.08. The van der Waals surface area contributed by atoms with Crippen LogP contribution in [0.5, 0.6) is 0 Å². The van der Waals surface area contributed by atoms with Crippen LogP contribution in [0.2, 0.25) is 0 Å². The summed E-state index contributed by atoms with van der Waals surface area (Å²) in [4.78, 5) is 40.7. The van der Waals surface area contributed by atoms with Crippen LogP contribution in [-0.2, 0) is 4.79 Å². The Bertz CT molecular complexity index is 1140. The van der Waals surface area contributed by atoms with Gasteiger partial charge < -0.3 is 0 Å². The SMILES string of the molecule is O=C1CC(c2ccccc2)C2(C(=O)c3ccccc3C2=O)/C1=C\c1ccccc1. The molecule has 2 aliphatic rings. The number of hydrogen-bond acceptors (Lipinski definition) is 3. The van der Waals surface area contributed by atoms with Crippen LogP contribution >= 0.6 is 0 Å². The van der Waals surface area contributed by atoms with Crippen LogP contribution in [-0.4, -0.2) is 17.3 Å². The number of carbonyl (C=O) groups is 3. The van der Waals surface area contributed by atoms with Gasteiger partial charge in [0.2, 0.25) is 0 Å². The van der Waals surface area contributed by atoms with Gasteiger partial charge in [0, 0.05) is 29.0 Å². The Morgan fingerprint density at radius 1 is 0.690 bits per heavy atom. The molecule has 2 aliphatic carbocycles. The monoisotopic (exact) mass is 378 g/mol. The molecule has 1 fully saturated rings. The van der Waals surface area contributed by atoms with Crippen molar-refractivity contribution in [2.24, 2.45) is 5.41 Å². The molecule has 3 heteroatoms. The molecule has 0 aromatic heterocycles. The molecule has 3 aromatic rings. The van der Waals surface area contributed by atoms with E-state index >= 15 is 0 Å². The number of carbonyl (C=O) groups excluding carboxylic acids is 3. The highest BCUT2D eigenvalue weighted by atomic mass is 16.2. The van der Waals surface area contributed by atoms with Crippen LogP contribution in [0.3, 0.4) is 0 Å². The summed E-state index contributed by atoms with van der Waals surface area (Å²) in [5.74, 6) is -1.17. The first-order valence-corrected chi connectivity index (χ1v) is 9.68. The quantitative estimate of drug-likeness (QED) is 0.471. The zero-order chi connectivity index (χ0) is 20.0. The molecule has 0 amide bonds. The number of allylic oxidation sites excluding steroid dienone is 1. The van der Waals surface area contributed by atoms with Crippen molar-refractivity contribution in [1.29, 1.82) is 0 Å². The van der Waals surface area contributed by atoms with E-state index in [1.807, 2.05) is 60.7 Å². The normalized spacial score (nSPS) is 21.2. The van der Waals surface area contributed by atoms with Crippen LogP contribution in [0.15, 0.2) is 90.5 Å². The number of ketones is 3. The van der Waals surface area contributed by atoms with Gasteiger partial charge in [-0.2, -0.15) is 0 Å². The standard InChI is InChI=1S/C26H18O3/c27-23-16-21(18-11-5-2-6-12-18)26(22(23)15-17-9-3-1-4-10-17)24(28)19-13-7-8-14-20(19)25(26)29/h1-15,21H,16H2/b22-15-. The fraction of sp³-hybridized carbons (Fsp3) is 0.115. The molecule has 140 valence electrons. The average Bonchev–Trinajstić information content (AvgIpc) is 3.18. The Kier molecular flexibility index (Phi) is 3.92. The molecule has 1 unspecified atom stereocenters. The molecule has 0 aliphatic heterocycles. The van der Waals surface area contributed by atoms with E-state index in [4.69, 9.17) is 0 Å². The van der Waals surface area contributed by atoms with Crippen molar-refractivity contribution in [2.75, 3.05) is 0 Å². The second-order valence-electron chi connectivity index (χ2n) is 7.57. The van der Waals surface area contributed by atoms with Crippen molar-refractivity contribution in [3.8, 4) is 0 Å². The van der Waals surface area contributed by atoms with E-state index in [1.54, 1.807) is 30.3 Å². The fourth-order valence-corrected chi connectivity index (χ4v) is 4.79. The van der Waals surface area contributed by atoms with Gasteiger partial charge in [-0.25, -0.2) is 0 Å². The summed E-state index contributed by atoms with van der Waals surface area (Å²) in [6.45, 7) is 0. The van der Waals surface area contributed by atoms with Gasteiger partial charge in [0.05, 0.1) is 0 Å². The van der Waals surface area contributed by atoms with E-state index in [-0.39, 0.29) is 23.8 Å². The van der Waals surface area contributed by atoms with Crippen molar-refractivity contribution < 1.29 is 14.4 Å². The summed E-state index contributed by atoms with van der Waals surface area (Å²) in [6, 6.07) is 25.7. The van der Waals surface area contributed by atoms with Gasteiger partial charge in [-0.3, -0.25) is 14.4 Å². The predicted octanol–water partition coefficient (Wildman–Crippen LogP) is 4.89. The lowest BCUT2D eigenvalue weighted by atomic mass is 9.68. The van der Waals surface area contributed by atoms with Crippen molar-refractivity contribution in [3.05, 3.63) is 113 Å². The van der Waals surface area contributed by atoms with Crippen molar-refractivity contribution in [1.82, 2.24) is 0 Å². The Morgan fingerprint density at radius 3 is 1.79 bits per heavy atom. The van der Waals surface area contributed by atoms with Gasteiger partial charge in [-0.1, -0.05) is 84.9 Å². The molecular formula is C26H18O3. The van der Waals surface area contributed by atoms with E-state index in [9.17, 15) is 14.4 Å². The molecule has 0 saturated heterocycles. The average molecular weight is 378 g/mol. The Labute approximate surface area is 168 Å². The maximum absolute atomic E-state index is 13.7. The molecule has 3 aromatic carbocycles. The molecule has 1 spiro atoms. The largest absolute Gasteiger partial charge is 0.294 e. The van der Waals surface area contributed by atoms with Gasteiger partial charge in [-0.15, -0.1) is 0 Å². The number of rotatable bonds is 2. The third kappa shape index (κ3) is 2.40. The topological polar surface area (TPSA) is 51.2 Å². The van der Waals surface area contributed by atoms with Crippen LogP contribution in [0.4, 0.5) is 0 Å². The van der Waals surface area contributed by atoms with E-state index in [2.05, 4.69) is 0 Å². The van der Waals surface area contributed by atoms with Gasteiger partial charge in [0.25, 0.3) is 0 Å². The van der Waals surface area contributed by atoms with Crippen LogP contribution in [0.1, 0.15) is 44.2 Å². The third-order valence-corrected chi connectivity index (χ3v) is 6.08. The lowest BCUT2D eigenvalue weighted by Gasteiger charge is -2.29. The molecular weight excluding hydrogens is 360 g/mol. The van der Waals surface area contributed by atoms with Gasteiger partial charge >= 0.3 is 0 Å². The van der Waals surface area contributed by atoms with E-state index in [0.29, 0.717) is 16.7 Å². The summed E-state index contributed by atoms with van der Waals surface area (Å²) in [7, 11) is 0. The molecule has 1 atom stereocenters.